The Morgan fingerprint density at radius 2 is 2.15 bits per heavy atom. The van der Waals surface area contributed by atoms with Crippen LogP contribution in [-0.2, 0) is 0 Å². The van der Waals surface area contributed by atoms with Gasteiger partial charge in [-0.05, 0) is 25.3 Å². The first-order chi connectivity index (χ1) is 6.13. The molecule has 0 saturated carbocycles. The molecule has 0 radical (unpaired) electrons. The summed E-state index contributed by atoms with van der Waals surface area (Å²) >= 11 is 1.77. The molecular formula is C10H14N2S. The van der Waals surface area contributed by atoms with Gasteiger partial charge in [-0.25, -0.2) is 0 Å². The predicted octanol–water partition coefficient (Wildman–Crippen LogP) is 2.88. The van der Waals surface area contributed by atoms with Crippen LogP contribution in [0.2, 0.25) is 0 Å². The summed E-state index contributed by atoms with van der Waals surface area (Å²) in [5.41, 5.74) is 1.30. The molecule has 0 spiro atoms. The quantitative estimate of drug-likeness (QED) is 0.678. The van der Waals surface area contributed by atoms with Gasteiger partial charge in [0, 0.05) is 13.1 Å². The molecule has 0 unspecified atom stereocenters. The highest BCUT2D eigenvalue weighted by Gasteiger charge is 2.29. The first-order valence-corrected chi connectivity index (χ1v) is 5.30. The lowest BCUT2D eigenvalue weighted by Gasteiger charge is -2.25. The van der Waals surface area contributed by atoms with Gasteiger partial charge in [-0.1, -0.05) is 6.58 Å². The number of nitrogens with zero attached hydrogens (tertiary/aromatic N) is 2. The molecule has 13 heavy (non-hydrogen) atoms. The van der Waals surface area contributed by atoms with E-state index in [1.807, 2.05) is 0 Å². The first kappa shape index (κ1) is 8.63. The Morgan fingerprint density at radius 1 is 1.46 bits per heavy atom. The monoisotopic (exact) mass is 194 g/mol. The Kier molecular flexibility index (Phi) is 1.84. The van der Waals surface area contributed by atoms with Gasteiger partial charge in [0.1, 0.15) is 10.8 Å². The number of hydrogen-bond donors (Lipinski definition) is 0. The van der Waals surface area contributed by atoms with Crippen molar-refractivity contribution >= 4 is 22.0 Å². The summed E-state index contributed by atoms with van der Waals surface area (Å²) in [6.45, 7) is 8.46. The first-order valence-electron chi connectivity index (χ1n) is 4.42. The van der Waals surface area contributed by atoms with Crippen molar-refractivity contribution in [3.8, 4) is 0 Å². The maximum atomic E-state index is 4.08. The highest BCUT2D eigenvalue weighted by Crippen LogP contribution is 2.44. The summed E-state index contributed by atoms with van der Waals surface area (Å²) in [6, 6.07) is 2.64. The Morgan fingerprint density at radius 3 is 2.77 bits per heavy atom. The largest absolute Gasteiger partial charge is 0.323 e. The molecule has 0 atom stereocenters. The van der Waals surface area contributed by atoms with Crippen LogP contribution in [0.3, 0.4) is 0 Å². The van der Waals surface area contributed by atoms with E-state index in [-0.39, 0.29) is 0 Å². The summed E-state index contributed by atoms with van der Waals surface area (Å²) < 4.78 is 0. The van der Waals surface area contributed by atoms with E-state index in [4.69, 9.17) is 0 Å². The van der Waals surface area contributed by atoms with E-state index in [2.05, 4.69) is 48.7 Å². The lowest BCUT2D eigenvalue weighted by atomic mass is 10.3. The van der Waals surface area contributed by atoms with Gasteiger partial charge < -0.3 is 9.80 Å². The standard InChI is InChI=1S/C10H14N2S/c1-7(2)12-8(3)11(4)10-9(12)5-6-13-10/h5-7H,3H2,1-2,4H3. The smallest absolute Gasteiger partial charge is 0.120 e. The molecule has 2 rings (SSSR count). The Bertz CT molecular complexity index is 340. The minimum Gasteiger partial charge on any atom is -0.323 e. The van der Waals surface area contributed by atoms with E-state index >= 15 is 0 Å². The highest BCUT2D eigenvalue weighted by atomic mass is 32.1. The summed E-state index contributed by atoms with van der Waals surface area (Å²) in [5, 5.41) is 3.43. The highest BCUT2D eigenvalue weighted by molar-refractivity contribution is 7.15. The summed E-state index contributed by atoms with van der Waals surface area (Å²) in [5.74, 6) is 1.08. The molecule has 0 aromatic carbocycles. The SMILES string of the molecule is C=C1N(C)c2sccc2N1C(C)C. The number of thiophene rings is 1. The van der Waals surface area contributed by atoms with Crippen molar-refractivity contribution in [2.45, 2.75) is 19.9 Å². The van der Waals surface area contributed by atoms with Gasteiger partial charge in [-0.2, -0.15) is 0 Å². The van der Waals surface area contributed by atoms with Crippen molar-refractivity contribution in [3.05, 3.63) is 23.8 Å². The number of rotatable bonds is 1. The number of hydrogen-bond acceptors (Lipinski definition) is 3. The fourth-order valence-corrected chi connectivity index (χ4v) is 2.60. The third-order valence-corrected chi connectivity index (χ3v) is 3.35. The molecule has 2 heterocycles. The van der Waals surface area contributed by atoms with Crippen molar-refractivity contribution in [2.24, 2.45) is 0 Å². The van der Waals surface area contributed by atoms with Crippen LogP contribution in [-0.4, -0.2) is 13.1 Å². The average molecular weight is 194 g/mol. The van der Waals surface area contributed by atoms with E-state index in [9.17, 15) is 0 Å². The van der Waals surface area contributed by atoms with Crippen molar-refractivity contribution < 1.29 is 0 Å². The molecule has 1 aromatic heterocycles. The molecule has 0 fully saturated rings. The molecule has 3 heteroatoms. The van der Waals surface area contributed by atoms with Crippen LogP contribution in [0.5, 0.6) is 0 Å². The normalized spacial score (nSPS) is 15.8. The molecule has 0 bridgehead atoms. The second kappa shape index (κ2) is 2.77. The van der Waals surface area contributed by atoms with Gasteiger partial charge in [0.15, 0.2) is 0 Å². The Labute approximate surface area is 83.1 Å². The number of anilines is 2. The fraction of sp³-hybridized carbons (Fsp3) is 0.400. The van der Waals surface area contributed by atoms with Crippen molar-refractivity contribution in [3.63, 3.8) is 0 Å². The Hall–Kier alpha value is -0.960. The molecular weight excluding hydrogens is 180 g/mol. The number of fused-ring (bicyclic) bond motifs is 1. The molecule has 1 aliphatic heterocycles. The Balaban J connectivity index is 2.48. The summed E-state index contributed by atoms with van der Waals surface area (Å²) in [7, 11) is 2.07. The van der Waals surface area contributed by atoms with Crippen LogP contribution >= 0.6 is 11.3 Å². The lowest BCUT2D eigenvalue weighted by molar-refractivity contribution is 0.759. The average Bonchev–Trinajstić information content (AvgIpc) is 2.57. The molecule has 1 aliphatic rings. The minimum atomic E-state index is 0.478. The van der Waals surface area contributed by atoms with Gasteiger partial charge in [0.2, 0.25) is 0 Å². The van der Waals surface area contributed by atoms with Gasteiger partial charge >= 0.3 is 0 Å². The predicted molar refractivity (Wildman–Crippen MR) is 59.5 cm³/mol. The molecule has 70 valence electrons. The van der Waals surface area contributed by atoms with Gasteiger partial charge in [-0.3, -0.25) is 0 Å². The third-order valence-electron chi connectivity index (χ3n) is 2.37. The second-order valence-corrected chi connectivity index (χ2v) is 4.44. The summed E-state index contributed by atoms with van der Waals surface area (Å²) in [6.07, 6.45) is 0. The zero-order valence-corrected chi connectivity index (χ0v) is 9.06. The minimum absolute atomic E-state index is 0.478. The zero-order chi connectivity index (χ0) is 9.59. The van der Waals surface area contributed by atoms with Gasteiger partial charge in [0.25, 0.3) is 0 Å². The van der Waals surface area contributed by atoms with Crippen LogP contribution < -0.4 is 9.80 Å². The van der Waals surface area contributed by atoms with E-state index < -0.39 is 0 Å². The maximum absolute atomic E-state index is 4.08. The van der Waals surface area contributed by atoms with Crippen molar-refractivity contribution in [1.82, 2.24) is 0 Å². The van der Waals surface area contributed by atoms with Crippen LogP contribution in [0, 0.1) is 0 Å². The molecule has 0 saturated heterocycles. The van der Waals surface area contributed by atoms with Crippen LogP contribution in [0.25, 0.3) is 0 Å². The van der Waals surface area contributed by atoms with Crippen molar-refractivity contribution in [1.29, 1.82) is 0 Å². The molecule has 2 nitrogen and oxygen atoms in total. The van der Waals surface area contributed by atoms with E-state index in [0.717, 1.165) is 5.82 Å². The van der Waals surface area contributed by atoms with Crippen LogP contribution in [0.15, 0.2) is 23.8 Å². The molecule has 1 aromatic rings. The topological polar surface area (TPSA) is 6.48 Å². The fourth-order valence-electron chi connectivity index (χ4n) is 1.72. The van der Waals surface area contributed by atoms with E-state index in [1.165, 1.54) is 10.7 Å². The zero-order valence-electron chi connectivity index (χ0n) is 8.24. The van der Waals surface area contributed by atoms with E-state index in [1.54, 1.807) is 11.3 Å². The maximum Gasteiger partial charge on any atom is 0.120 e. The van der Waals surface area contributed by atoms with Gasteiger partial charge in [0.05, 0.1) is 5.69 Å². The van der Waals surface area contributed by atoms with Crippen LogP contribution in [0.1, 0.15) is 13.8 Å². The lowest BCUT2D eigenvalue weighted by Crippen LogP contribution is -2.30. The third kappa shape index (κ3) is 1.07. The van der Waals surface area contributed by atoms with Crippen molar-refractivity contribution in [2.75, 3.05) is 16.8 Å². The van der Waals surface area contributed by atoms with Crippen LogP contribution in [0.4, 0.5) is 10.7 Å². The van der Waals surface area contributed by atoms with E-state index in [0.29, 0.717) is 6.04 Å². The molecule has 0 amide bonds. The van der Waals surface area contributed by atoms with Gasteiger partial charge in [-0.15, -0.1) is 11.3 Å². The molecule has 0 N–H and O–H groups in total. The summed E-state index contributed by atoms with van der Waals surface area (Å²) in [4.78, 5) is 4.42. The molecule has 0 aliphatic carbocycles. The second-order valence-electron chi connectivity index (χ2n) is 3.55.